The number of aryl methyl sites for hydroxylation is 2. The highest BCUT2D eigenvalue weighted by Gasteiger charge is 2.19. The van der Waals surface area contributed by atoms with Gasteiger partial charge in [-0.05, 0) is 49.6 Å². The predicted octanol–water partition coefficient (Wildman–Crippen LogP) is 2.78. The molecular formula is C23H30N6O3S. The van der Waals surface area contributed by atoms with Gasteiger partial charge in [0, 0.05) is 47.1 Å². The fourth-order valence-electron chi connectivity index (χ4n) is 4.04. The van der Waals surface area contributed by atoms with Crippen molar-refractivity contribution < 1.29 is 13.2 Å². The van der Waals surface area contributed by atoms with Crippen LogP contribution in [-0.4, -0.2) is 60.4 Å². The number of nitrogens with zero attached hydrogens (tertiary/aromatic N) is 5. The first-order chi connectivity index (χ1) is 15.8. The molecule has 3 aromatic rings. The van der Waals surface area contributed by atoms with Gasteiger partial charge in [0.05, 0.1) is 27.8 Å². The van der Waals surface area contributed by atoms with E-state index in [4.69, 9.17) is 0 Å². The van der Waals surface area contributed by atoms with Gasteiger partial charge in [-0.25, -0.2) is 22.7 Å². The van der Waals surface area contributed by atoms with Gasteiger partial charge in [-0.3, -0.25) is 4.79 Å². The number of aromatic nitrogens is 3. The fraction of sp³-hybridized carbons (Fsp3) is 0.435. The number of hydrogen-bond acceptors (Lipinski definition) is 6. The number of imidazole rings is 1. The SMILES string of the molecule is CN(C)S(=O)(=O)c1ccc2c(c1)nc(CCC(=O)Nc1ccc(N3CCCCC3)nc1)n2C. The van der Waals surface area contributed by atoms with Crippen LogP contribution in [0.4, 0.5) is 11.5 Å². The molecule has 4 rings (SSSR count). The van der Waals surface area contributed by atoms with Crippen LogP contribution in [0.15, 0.2) is 41.4 Å². The highest BCUT2D eigenvalue weighted by molar-refractivity contribution is 7.89. The minimum atomic E-state index is -3.53. The van der Waals surface area contributed by atoms with E-state index in [-0.39, 0.29) is 17.2 Å². The number of hydrogen-bond donors (Lipinski definition) is 1. The number of fused-ring (bicyclic) bond motifs is 1. The predicted molar refractivity (Wildman–Crippen MR) is 129 cm³/mol. The Morgan fingerprint density at radius 3 is 2.55 bits per heavy atom. The number of amides is 1. The Labute approximate surface area is 194 Å². The van der Waals surface area contributed by atoms with Crippen LogP contribution in [0, 0.1) is 0 Å². The molecule has 0 atom stereocenters. The summed E-state index contributed by atoms with van der Waals surface area (Å²) in [6, 6.07) is 8.74. The van der Waals surface area contributed by atoms with Crippen LogP contribution in [0.1, 0.15) is 31.5 Å². The zero-order valence-corrected chi connectivity index (χ0v) is 20.1. The minimum Gasteiger partial charge on any atom is -0.357 e. The smallest absolute Gasteiger partial charge is 0.242 e. The maximum atomic E-state index is 12.5. The highest BCUT2D eigenvalue weighted by atomic mass is 32.2. The number of rotatable bonds is 7. The molecule has 0 radical (unpaired) electrons. The van der Waals surface area contributed by atoms with E-state index in [0.29, 0.717) is 17.6 Å². The Hall–Kier alpha value is -2.98. The summed E-state index contributed by atoms with van der Waals surface area (Å²) in [6.45, 7) is 2.05. The molecule has 33 heavy (non-hydrogen) atoms. The van der Waals surface area contributed by atoms with Crippen molar-refractivity contribution in [3.05, 3.63) is 42.4 Å². The summed E-state index contributed by atoms with van der Waals surface area (Å²) in [5.74, 6) is 1.55. The number of nitrogens with one attached hydrogen (secondary N) is 1. The molecule has 0 bridgehead atoms. The molecule has 0 aliphatic carbocycles. The molecule has 1 N–H and O–H groups in total. The number of sulfonamides is 1. The van der Waals surface area contributed by atoms with E-state index in [9.17, 15) is 13.2 Å². The van der Waals surface area contributed by atoms with Crippen molar-refractivity contribution >= 4 is 38.5 Å². The lowest BCUT2D eigenvalue weighted by Crippen LogP contribution is -2.30. The molecule has 0 spiro atoms. The van der Waals surface area contributed by atoms with Crippen LogP contribution in [-0.2, 0) is 28.3 Å². The van der Waals surface area contributed by atoms with Gasteiger partial charge in [0.2, 0.25) is 15.9 Å². The van der Waals surface area contributed by atoms with Gasteiger partial charge < -0.3 is 14.8 Å². The molecule has 1 saturated heterocycles. The van der Waals surface area contributed by atoms with Crippen molar-refractivity contribution in [3.63, 3.8) is 0 Å². The summed E-state index contributed by atoms with van der Waals surface area (Å²) in [4.78, 5) is 24.0. The van der Waals surface area contributed by atoms with Gasteiger partial charge in [0.15, 0.2) is 0 Å². The van der Waals surface area contributed by atoms with Gasteiger partial charge in [-0.15, -0.1) is 0 Å². The monoisotopic (exact) mass is 470 g/mol. The van der Waals surface area contributed by atoms with Crippen LogP contribution in [0.2, 0.25) is 0 Å². The molecule has 1 aromatic carbocycles. The molecule has 1 fully saturated rings. The summed E-state index contributed by atoms with van der Waals surface area (Å²) < 4.78 is 27.9. The molecular weight excluding hydrogens is 440 g/mol. The number of carbonyl (C=O) groups is 1. The quantitative estimate of drug-likeness (QED) is 0.570. The molecule has 10 heteroatoms. The third kappa shape index (κ3) is 5.01. The zero-order chi connectivity index (χ0) is 23.6. The molecule has 0 unspecified atom stereocenters. The van der Waals surface area contributed by atoms with E-state index in [0.717, 1.165) is 30.2 Å². The van der Waals surface area contributed by atoms with Crippen LogP contribution < -0.4 is 10.2 Å². The lowest BCUT2D eigenvalue weighted by molar-refractivity contribution is -0.116. The normalized spacial score (nSPS) is 14.7. The van der Waals surface area contributed by atoms with Crippen molar-refractivity contribution in [3.8, 4) is 0 Å². The van der Waals surface area contributed by atoms with E-state index in [1.165, 1.54) is 37.7 Å². The van der Waals surface area contributed by atoms with Gasteiger partial charge in [-0.2, -0.15) is 0 Å². The number of piperidine rings is 1. The third-order valence-electron chi connectivity index (χ3n) is 6.01. The maximum absolute atomic E-state index is 12.5. The van der Waals surface area contributed by atoms with E-state index in [1.54, 1.807) is 24.4 Å². The summed E-state index contributed by atoms with van der Waals surface area (Å²) in [5.41, 5.74) is 2.08. The fourth-order valence-corrected chi connectivity index (χ4v) is 4.97. The van der Waals surface area contributed by atoms with E-state index >= 15 is 0 Å². The number of pyridine rings is 1. The molecule has 176 valence electrons. The molecule has 1 aliphatic rings. The Bertz CT molecular complexity index is 1250. The van der Waals surface area contributed by atoms with Gasteiger partial charge >= 0.3 is 0 Å². The number of benzene rings is 1. The molecule has 3 heterocycles. The second kappa shape index (κ2) is 9.48. The van der Waals surface area contributed by atoms with Crippen molar-refractivity contribution in [2.75, 3.05) is 37.4 Å². The lowest BCUT2D eigenvalue weighted by atomic mass is 10.1. The van der Waals surface area contributed by atoms with E-state index < -0.39 is 10.0 Å². The standard InChI is InChI=1S/C23H30N6O3S/c1-27(2)33(31,32)18-8-9-20-19(15-18)26-22(28(20)3)11-12-23(30)25-17-7-10-21(24-16-17)29-13-5-4-6-14-29/h7-10,15-16H,4-6,11-14H2,1-3H3,(H,25,30). The molecule has 1 aliphatic heterocycles. The summed E-state index contributed by atoms with van der Waals surface area (Å²) in [6.07, 6.45) is 6.04. The van der Waals surface area contributed by atoms with Gasteiger partial charge in [-0.1, -0.05) is 0 Å². The van der Waals surface area contributed by atoms with Crippen LogP contribution in [0.25, 0.3) is 11.0 Å². The first-order valence-corrected chi connectivity index (χ1v) is 12.6. The Balaban J connectivity index is 1.39. The Kier molecular flexibility index (Phi) is 6.66. The van der Waals surface area contributed by atoms with E-state index in [2.05, 4.69) is 20.2 Å². The first kappa shape index (κ1) is 23.2. The van der Waals surface area contributed by atoms with Crippen molar-refractivity contribution in [1.82, 2.24) is 18.8 Å². The third-order valence-corrected chi connectivity index (χ3v) is 7.82. The van der Waals surface area contributed by atoms with Crippen LogP contribution in [0.5, 0.6) is 0 Å². The Morgan fingerprint density at radius 2 is 1.88 bits per heavy atom. The van der Waals surface area contributed by atoms with Crippen molar-refractivity contribution in [1.29, 1.82) is 0 Å². The van der Waals surface area contributed by atoms with Crippen LogP contribution >= 0.6 is 0 Å². The molecule has 9 nitrogen and oxygen atoms in total. The van der Waals surface area contributed by atoms with Gasteiger partial charge in [0.1, 0.15) is 11.6 Å². The molecule has 1 amide bonds. The van der Waals surface area contributed by atoms with E-state index in [1.807, 2.05) is 23.7 Å². The largest absolute Gasteiger partial charge is 0.357 e. The Morgan fingerprint density at radius 1 is 1.12 bits per heavy atom. The topological polar surface area (TPSA) is 100 Å². The number of carbonyl (C=O) groups excluding carboxylic acids is 1. The highest BCUT2D eigenvalue weighted by Crippen LogP contribution is 2.22. The average molecular weight is 471 g/mol. The second-order valence-electron chi connectivity index (χ2n) is 8.53. The maximum Gasteiger partial charge on any atom is 0.242 e. The molecule has 2 aromatic heterocycles. The lowest BCUT2D eigenvalue weighted by Gasteiger charge is -2.27. The van der Waals surface area contributed by atoms with Crippen molar-refractivity contribution in [2.24, 2.45) is 7.05 Å². The minimum absolute atomic E-state index is 0.120. The molecule has 0 saturated carbocycles. The van der Waals surface area contributed by atoms with Crippen LogP contribution in [0.3, 0.4) is 0 Å². The summed E-state index contributed by atoms with van der Waals surface area (Å²) in [7, 11) is 1.33. The summed E-state index contributed by atoms with van der Waals surface area (Å²) >= 11 is 0. The summed E-state index contributed by atoms with van der Waals surface area (Å²) in [5, 5.41) is 2.90. The van der Waals surface area contributed by atoms with Crippen molar-refractivity contribution in [2.45, 2.75) is 37.0 Å². The zero-order valence-electron chi connectivity index (χ0n) is 19.3. The number of anilines is 2. The second-order valence-corrected chi connectivity index (χ2v) is 10.7. The van der Waals surface area contributed by atoms with Gasteiger partial charge in [0.25, 0.3) is 0 Å². The average Bonchev–Trinajstić information content (AvgIpc) is 3.13. The first-order valence-electron chi connectivity index (χ1n) is 11.1.